The van der Waals surface area contributed by atoms with Gasteiger partial charge < -0.3 is 14.5 Å². The molecule has 0 radical (unpaired) electrons. The summed E-state index contributed by atoms with van der Waals surface area (Å²) in [6, 6.07) is 13.8. The largest absolute Gasteiger partial charge is 0.497 e. The van der Waals surface area contributed by atoms with Crippen molar-refractivity contribution in [3.8, 4) is 5.75 Å². The second-order valence-corrected chi connectivity index (χ2v) is 7.94. The van der Waals surface area contributed by atoms with Crippen molar-refractivity contribution in [2.24, 2.45) is 0 Å². The van der Waals surface area contributed by atoms with E-state index >= 15 is 0 Å². The third-order valence-corrected chi connectivity index (χ3v) is 5.86. The molecule has 0 amide bonds. The Hall–Kier alpha value is -2.83. The SMILES string of the molecule is COc1ccc2nc3cc(Cl)ccc3c(N3CCN(c4ccnc(Cl)n4)CC3)c2c1. The van der Waals surface area contributed by atoms with Crippen molar-refractivity contribution in [2.75, 3.05) is 43.1 Å². The van der Waals surface area contributed by atoms with Crippen molar-refractivity contribution < 1.29 is 4.74 Å². The summed E-state index contributed by atoms with van der Waals surface area (Å²) in [5.74, 6) is 1.67. The quantitative estimate of drug-likeness (QED) is 0.336. The van der Waals surface area contributed by atoms with E-state index in [0.29, 0.717) is 5.02 Å². The predicted molar refractivity (Wildman–Crippen MR) is 122 cm³/mol. The molecule has 5 rings (SSSR count). The van der Waals surface area contributed by atoms with Crippen LogP contribution in [0.5, 0.6) is 5.75 Å². The third-order valence-electron chi connectivity index (χ3n) is 5.45. The van der Waals surface area contributed by atoms with Crippen molar-refractivity contribution in [3.63, 3.8) is 0 Å². The van der Waals surface area contributed by atoms with E-state index in [1.165, 1.54) is 0 Å². The number of pyridine rings is 1. The van der Waals surface area contributed by atoms with E-state index in [2.05, 4.69) is 31.9 Å². The molecule has 8 heteroatoms. The Morgan fingerprint density at radius 2 is 1.63 bits per heavy atom. The summed E-state index contributed by atoms with van der Waals surface area (Å²) in [6.07, 6.45) is 1.69. The Morgan fingerprint density at radius 1 is 0.833 bits per heavy atom. The molecule has 6 nitrogen and oxygen atoms in total. The van der Waals surface area contributed by atoms with Gasteiger partial charge >= 0.3 is 0 Å². The number of anilines is 2. The van der Waals surface area contributed by atoms with Gasteiger partial charge in [0.1, 0.15) is 11.6 Å². The van der Waals surface area contributed by atoms with Crippen LogP contribution in [0.4, 0.5) is 11.5 Å². The van der Waals surface area contributed by atoms with E-state index in [1.54, 1.807) is 13.3 Å². The lowest BCUT2D eigenvalue weighted by Crippen LogP contribution is -2.47. The maximum Gasteiger partial charge on any atom is 0.224 e. The number of methoxy groups -OCH3 is 1. The van der Waals surface area contributed by atoms with E-state index in [1.807, 2.05) is 30.3 Å². The molecule has 2 aromatic heterocycles. The van der Waals surface area contributed by atoms with Crippen LogP contribution in [0.2, 0.25) is 10.3 Å². The summed E-state index contributed by atoms with van der Waals surface area (Å²) >= 11 is 12.2. The lowest BCUT2D eigenvalue weighted by Gasteiger charge is -2.37. The summed E-state index contributed by atoms with van der Waals surface area (Å²) in [4.78, 5) is 17.8. The molecule has 152 valence electrons. The zero-order valence-electron chi connectivity index (χ0n) is 16.3. The monoisotopic (exact) mass is 439 g/mol. The van der Waals surface area contributed by atoms with Crippen molar-refractivity contribution >= 4 is 56.5 Å². The fraction of sp³-hybridized carbons (Fsp3) is 0.227. The van der Waals surface area contributed by atoms with Crippen LogP contribution < -0.4 is 14.5 Å². The van der Waals surface area contributed by atoms with Crippen LogP contribution in [-0.4, -0.2) is 48.2 Å². The molecule has 3 heterocycles. The minimum Gasteiger partial charge on any atom is -0.497 e. The van der Waals surface area contributed by atoms with Gasteiger partial charge in [0, 0.05) is 48.2 Å². The molecule has 1 fully saturated rings. The van der Waals surface area contributed by atoms with E-state index in [9.17, 15) is 0 Å². The van der Waals surface area contributed by atoms with Gasteiger partial charge in [-0.3, -0.25) is 0 Å². The number of hydrogen-bond acceptors (Lipinski definition) is 6. The van der Waals surface area contributed by atoms with E-state index in [0.717, 1.165) is 65.2 Å². The molecule has 0 unspecified atom stereocenters. The topological polar surface area (TPSA) is 54.4 Å². The molecule has 0 saturated carbocycles. The molecule has 2 aromatic carbocycles. The van der Waals surface area contributed by atoms with E-state index < -0.39 is 0 Å². The number of nitrogens with zero attached hydrogens (tertiary/aromatic N) is 5. The van der Waals surface area contributed by atoms with Crippen molar-refractivity contribution in [2.45, 2.75) is 0 Å². The zero-order chi connectivity index (χ0) is 20.7. The third kappa shape index (κ3) is 3.46. The predicted octanol–water partition coefficient (Wildman–Crippen LogP) is 4.82. The number of benzene rings is 2. The molecule has 0 atom stereocenters. The number of piperazine rings is 1. The first-order chi connectivity index (χ1) is 14.6. The Bertz CT molecular complexity index is 1240. The van der Waals surface area contributed by atoms with Gasteiger partial charge in [-0.1, -0.05) is 11.6 Å². The first-order valence-corrected chi connectivity index (χ1v) is 10.4. The zero-order valence-corrected chi connectivity index (χ0v) is 17.9. The molecule has 4 aromatic rings. The normalized spacial score (nSPS) is 14.5. The van der Waals surface area contributed by atoms with Gasteiger partial charge in [-0.15, -0.1) is 0 Å². The first-order valence-electron chi connectivity index (χ1n) is 9.68. The second kappa shape index (κ2) is 7.78. The number of aromatic nitrogens is 3. The highest BCUT2D eigenvalue weighted by molar-refractivity contribution is 6.31. The van der Waals surface area contributed by atoms with Gasteiger partial charge in [0.25, 0.3) is 0 Å². The molecule has 0 bridgehead atoms. The first kappa shape index (κ1) is 19.2. The Kier molecular flexibility index (Phi) is 4.97. The van der Waals surface area contributed by atoms with Crippen LogP contribution in [0.1, 0.15) is 0 Å². The highest BCUT2D eigenvalue weighted by Gasteiger charge is 2.22. The van der Waals surface area contributed by atoms with Gasteiger partial charge in [0.05, 0.1) is 23.8 Å². The smallest absolute Gasteiger partial charge is 0.224 e. The Labute approximate surface area is 184 Å². The van der Waals surface area contributed by atoms with Gasteiger partial charge in [-0.05, 0) is 54.1 Å². The van der Waals surface area contributed by atoms with Gasteiger partial charge in [0.15, 0.2) is 0 Å². The maximum absolute atomic E-state index is 6.25. The van der Waals surface area contributed by atoms with E-state index in [-0.39, 0.29) is 5.28 Å². The number of halogens is 2. The van der Waals surface area contributed by atoms with E-state index in [4.69, 9.17) is 32.9 Å². The number of hydrogen-bond donors (Lipinski definition) is 0. The lowest BCUT2D eigenvalue weighted by molar-refractivity contribution is 0.415. The van der Waals surface area contributed by atoms with Crippen molar-refractivity contribution in [1.29, 1.82) is 0 Å². The van der Waals surface area contributed by atoms with Crippen LogP contribution in [0.25, 0.3) is 21.8 Å². The summed E-state index contributed by atoms with van der Waals surface area (Å²) in [7, 11) is 1.68. The summed E-state index contributed by atoms with van der Waals surface area (Å²) < 4.78 is 5.48. The highest BCUT2D eigenvalue weighted by atomic mass is 35.5. The van der Waals surface area contributed by atoms with Crippen LogP contribution in [0, 0.1) is 0 Å². The maximum atomic E-state index is 6.25. The molecule has 1 aliphatic rings. The average molecular weight is 440 g/mol. The molecule has 1 saturated heterocycles. The minimum absolute atomic E-state index is 0.269. The van der Waals surface area contributed by atoms with Crippen LogP contribution in [-0.2, 0) is 0 Å². The molecule has 30 heavy (non-hydrogen) atoms. The summed E-state index contributed by atoms with van der Waals surface area (Å²) in [5, 5.41) is 3.10. The molecule has 0 spiro atoms. The molecular weight excluding hydrogens is 421 g/mol. The van der Waals surface area contributed by atoms with Gasteiger partial charge in [0.2, 0.25) is 5.28 Å². The summed E-state index contributed by atoms with van der Waals surface area (Å²) in [6.45, 7) is 3.35. The fourth-order valence-corrected chi connectivity index (χ4v) is 4.31. The number of fused-ring (bicyclic) bond motifs is 2. The van der Waals surface area contributed by atoms with Crippen LogP contribution in [0.3, 0.4) is 0 Å². The second-order valence-electron chi connectivity index (χ2n) is 7.16. The molecule has 1 aliphatic heterocycles. The van der Waals surface area contributed by atoms with Gasteiger partial charge in [-0.25, -0.2) is 15.0 Å². The van der Waals surface area contributed by atoms with Crippen LogP contribution >= 0.6 is 23.2 Å². The van der Waals surface area contributed by atoms with Crippen molar-refractivity contribution in [3.05, 3.63) is 59.0 Å². The van der Waals surface area contributed by atoms with Gasteiger partial charge in [-0.2, -0.15) is 0 Å². The summed E-state index contributed by atoms with van der Waals surface area (Å²) in [5.41, 5.74) is 2.97. The molecule has 0 N–H and O–H groups in total. The molecule has 0 aliphatic carbocycles. The average Bonchev–Trinajstić information content (AvgIpc) is 2.77. The molecular formula is C22H19Cl2N5O. The van der Waals surface area contributed by atoms with Crippen molar-refractivity contribution in [1.82, 2.24) is 15.0 Å². The highest BCUT2D eigenvalue weighted by Crippen LogP contribution is 2.37. The number of ether oxygens (including phenoxy) is 1. The van der Waals surface area contributed by atoms with Crippen LogP contribution in [0.15, 0.2) is 48.7 Å². The standard InChI is InChI=1S/C22H19Cl2N5O/c1-30-15-3-5-18-17(13-15)21(16-4-2-14(23)12-19(16)26-18)29-10-8-28(9-11-29)20-6-7-25-22(24)27-20/h2-7,12-13H,8-11H2,1H3. The Balaban J connectivity index is 1.57. The minimum atomic E-state index is 0.269. The fourth-order valence-electron chi connectivity index (χ4n) is 4.00. The number of rotatable bonds is 3. The Morgan fingerprint density at radius 3 is 2.40 bits per heavy atom. The lowest BCUT2D eigenvalue weighted by atomic mass is 10.1.